The highest BCUT2D eigenvalue weighted by molar-refractivity contribution is 7.07. The lowest BCUT2D eigenvalue weighted by atomic mass is 9.72. The molecule has 0 saturated carbocycles. The first-order valence-corrected chi connectivity index (χ1v) is 11.8. The van der Waals surface area contributed by atoms with Gasteiger partial charge in [-0.15, -0.1) is 5.10 Å². The Balaban J connectivity index is 1.54. The summed E-state index contributed by atoms with van der Waals surface area (Å²) in [4.78, 5) is 28.5. The monoisotopic (exact) mass is 448 g/mol. The Kier molecular flexibility index (Phi) is 6.65. The molecule has 166 valence electrons. The zero-order valence-corrected chi connectivity index (χ0v) is 19.3. The van der Waals surface area contributed by atoms with E-state index < -0.39 is 5.41 Å². The fraction of sp³-hybridized carbons (Fsp3) is 0.360. The molecule has 6 nitrogen and oxygen atoms in total. The van der Waals surface area contributed by atoms with Crippen molar-refractivity contribution in [2.24, 2.45) is 5.41 Å². The van der Waals surface area contributed by atoms with Crippen LogP contribution in [0.1, 0.15) is 40.7 Å². The number of nitrogens with one attached hydrogen (secondary N) is 1. The average molecular weight is 449 g/mol. The van der Waals surface area contributed by atoms with Crippen molar-refractivity contribution in [1.82, 2.24) is 19.8 Å². The van der Waals surface area contributed by atoms with E-state index in [0.717, 1.165) is 28.2 Å². The molecule has 4 rings (SSSR count). The Morgan fingerprint density at radius 1 is 1.06 bits per heavy atom. The number of hydrogen-bond acceptors (Lipinski definition) is 5. The number of benzene rings is 2. The maximum atomic E-state index is 13.2. The molecule has 1 aliphatic heterocycles. The van der Waals surface area contributed by atoms with Gasteiger partial charge in [-0.05, 0) is 61.3 Å². The summed E-state index contributed by atoms with van der Waals surface area (Å²) in [6, 6.07) is 18.7. The maximum Gasteiger partial charge on any atom is 0.267 e. The van der Waals surface area contributed by atoms with Gasteiger partial charge in [0, 0.05) is 19.6 Å². The summed E-state index contributed by atoms with van der Waals surface area (Å²) in [6.45, 7) is 5.44. The van der Waals surface area contributed by atoms with Gasteiger partial charge < -0.3 is 10.2 Å². The number of aryl methyl sites for hydroxylation is 1. The second-order valence-corrected chi connectivity index (χ2v) is 9.12. The van der Waals surface area contributed by atoms with Gasteiger partial charge in [0.25, 0.3) is 5.91 Å². The van der Waals surface area contributed by atoms with Crippen molar-refractivity contribution in [2.75, 3.05) is 19.6 Å². The molecule has 2 amide bonds. The van der Waals surface area contributed by atoms with Crippen LogP contribution in [0.3, 0.4) is 0 Å². The van der Waals surface area contributed by atoms with Crippen LogP contribution < -0.4 is 5.32 Å². The number of likely N-dealkylation sites (tertiary alicyclic amines) is 1. The second-order valence-electron chi connectivity index (χ2n) is 8.36. The van der Waals surface area contributed by atoms with Gasteiger partial charge in [-0.3, -0.25) is 9.59 Å². The number of piperidine rings is 1. The molecule has 2 aromatic carbocycles. The fourth-order valence-corrected chi connectivity index (χ4v) is 5.05. The van der Waals surface area contributed by atoms with Gasteiger partial charge in [-0.1, -0.05) is 59.1 Å². The zero-order chi connectivity index (χ0) is 22.6. The number of aromatic nitrogens is 2. The second kappa shape index (κ2) is 9.61. The smallest absolute Gasteiger partial charge is 0.267 e. The van der Waals surface area contributed by atoms with Gasteiger partial charge in [0.15, 0.2) is 0 Å². The van der Waals surface area contributed by atoms with Crippen molar-refractivity contribution in [2.45, 2.75) is 33.1 Å². The number of carbonyl (C=O) groups is 2. The van der Waals surface area contributed by atoms with E-state index in [1.165, 1.54) is 0 Å². The summed E-state index contributed by atoms with van der Waals surface area (Å²) in [6.07, 6.45) is 1.92. The molecular formula is C25H28N4O2S. The molecular weight excluding hydrogens is 420 g/mol. The Labute approximate surface area is 192 Å². The van der Waals surface area contributed by atoms with Gasteiger partial charge in [0.1, 0.15) is 4.88 Å². The minimum atomic E-state index is -0.525. The van der Waals surface area contributed by atoms with E-state index in [0.29, 0.717) is 49.5 Å². The van der Waals surface area contributed by atoms with Gasteiger partial charge in [0.05, 0.1) is 11.1 Å². The molecule has 32 heavy (non-hydrogen) atoms. The van der Waals surface area contributed by atoms with Crippen LogP contribution >= 0.6 is 11.5 Å². The first-order chi connectivity index (χ1) is 15.5. The van der Waals surface area contributed by atoms with Crippen molar-refractivity contribution in [3.8, 4) is 11.1 Å². The van der Waals surface area contributed by atoms with E-state index in [2.05, 4.69) is 51.3 Å². The molecule has 0 atom stereocenters. The van der Waals surface area contributed by atoms with E-state index in [1.807, 2.05) is 30.0 Å². The summed E-state index contributed by atoms with van der Waals surface area (Å²) in [7, 11) is 0. The van der Waals surface area contributed by atoms with Crippen LogP contribution in [0.4, 0.5) is 0 Å². The van der Waals surface area contributed by atoms with Gasteiger partial charge >= 0.3 is 0 Å². The summed E-state index contributed by atoms with van der Waals surface area (Å²) in [5, 5.41) is 7.00. The third kappa shape index (κ3) is 4.58. The van der Waals surface area contributed by atoms with E-state index in [-0.39, 0.29) is 11.8 Å². The molecule has 0 unspecified atom stereocenters. The van der Waals surface area contributed by atoms with Gasteiger partial charge in [-0.2, -0.15) is 0 Å². The fourth-order valence-electron chi connectivity index (χ4n) is 4.42. The zero-order valence-electron chi connectivity index (χ0n) is 18.5. The van der Waals surface area contributed by atoms with Crippen molar-refractivity contribution in [3.05, 3.63) is 70.7 Å². The van der Waals surface area contributed by atoms with Crippen LogP contribution in [0, 0.1) is 12.3 Å². The minimum Gasteiger partial charge on any atom is -0.356 e. The van der Waals surface area contributed by atoms with Crippen molar-refractivity contribution < 1.29 is 9.59 Å². The highest BCUT2D eigenvalue weighted by Gasteiger charge is 2.42. The predicted octanol–water partition coefficient (Wildman–Crippen LogP) is 4.11. The van der Waals surface area contributed by atoms with E-state index in [4.69, 9.17) is 0 Å². The molecule has 1 saturated heterocycles. The number of rotatable bonds is 6. The Morgan fingerprint density at radius 3 is 2.44 bits per heavy atom. The molecule has 7 heteroatoms. The molecule has 0 radical (unpaired) electrons. The molecule has 1 aromatic heterocycles. The van der Waals surface area contributed by atoms with Crippen molar-refractivity contribution in [3.63, 3.8) is 0 Å². The van der Waals surface area contributed by atoms with Gasteiger partial charge in [-0.25, -0.2) is 0 Å². The number of hydrogen-bond donors (Lipinski definition) is 1. The standard InChI is InChI=1S/C25H28N4O2S/c1-3-26-24(31)25(12-14-29(15-13-25)23(30)22-18(2)27-28-32-22)17-19-8-7-11-21(16-19)20-9-5-4-6-10-20/h4-11,16H,3,12-15,17H2,1-2H3,(H,26,31). The summed E-state index contributed by atoms with van der Waals surface area (Å²) in [5.41, 5.74) is 3.59. The third-order valence-corrected chi connectivity index (χ3v) is 7.07. The lowest BCUT2D eigenvalue weighted by molar-refractivity contribution is -0.133. The quantitative estimate of drug-likeness (QED) is 0.616. The molecule has 0 aliphatic carbocycles. The van der Waals surface area contributed by atoms with Crippen molar-refractivity contribution in [1.29, 1.82) is 0 Å². The molecule has 1 N–H and O–H groups in total. The van der Waals surface area contributed by atoms with Crippen LogP contribution in [0.25, 0.3) is 11.1 Å². The maximum absolute atomic E-state index is 13.2. The number of nitrogens with zero attached hydrogens (tertiary/aromatic N) is 3. The molecule has 2 heterocycles. The van der Waals surface area contributed by atoms with Crippen LogP contribution in [0.2, 0.25) is 0 Å². The Bertz CT molecular complexity index is 1090. The van der Waals surface area contributed by atoms with E-state index >= 15 is 0 Å². The highest BCUT2D eigenvalue weighted by atomic mass is 32.1. The van der Waals surface area contributed by atoms with Crippen molar-refractivity contribution >= 4 is 23.3 Å². The van der Waals surface area contributed by atoms with Gasteiger partial charge in [0.2, 0.25) is 5.91 Å². The largest absolute Gasteiger partial charge is 0.356 e. The lowest BCUT2D eigenvalue weighted by Crippen LogP contribution is -2.51. The van der Waals surface area contributed by atoms with Crippen LogP contribution in [-0.2, 0) is 11.2 Å². The SMILES string of the molecule is CCNC(=O)C1(Cc2cccc(-c3ccccc3)c2)CCN(C(=O)c2snnc2C)CC1. The average Bonchev–Trinajstić information content (AvgIpc) is 3.26. The molecule has 1 fully saturated rings. The normalized spacial score (nSPS) is 15.4. The molecule has 0 spiro atoms. The first kappa shape index (κ1) is 22.1. The number of amides is 2. The minimum absolute atomic E-state index is 0.0342. The molecule has 1 aliphatic rings. The molecule has 3 aromatic rings. The summed E-state index contributed by atoms with van der Waals surface area (Å²) >= 11 is 1.14. The van der Waals surface area contributed by atoms with E-state index in [9.17, 15) is 9.59 Å². The number of carbonyl (C=O) groups excluding carboxylic acids is 2. The predicted molar refractivity (Wildman–Crippen MR) is 126 cm³/mol. The Morgan fingerprint density at radius 2 is 1.78 bits per heavy atom. The summed E-state index contributed by atoms with van der Waals surface area (Å²) in [5.74, 6) is 0.0425. The van der Waals surface area contributed by atoms with Crippen LogP contribution in [0.5, 0.6) is 0 Å². The van der Waals surface area contributed by atoms with Crippen LogP contribution in [-0.4, -0.2) is 45.9 Å². The first-order valence-electron chi connectivity index (χ1n) is 11.0. The highest BCUT2D eigenvalue weighted by Crippen LogP contribution is 2.37. The van der Waals surface area contributed by atoms with E-state index in [1.54, 1.807) is 6.92 Å². The third-order valence-electron chi connectivity index (χ3n) is 6.25. The van der Waals surface area contributed by atoms with Crippen LogP contribution in [0.15, 0.2) is 54.6 Å². The molecule has 0 bridgehead atoms. The summed E-state index contributed by atoms with van der Waals surface area (Å²) < 4.78 is 3.89. The Hall–Kier alpha value is -3.06. The lowest BCUT2D eigenvalue weighted by Gasteiger charge is -2.40. The topological polar surface area (TPSA) is 75.2 Å².